The van der Waals surface area contributed by atoms with E-state index in [0.717, 1.165) is 25.7 Å². The Balaban J connectivity index is 2.34. The Bertz CT molecular complexity index is 298. The summed E-state index contributed by atoms with van der Waals surface area (Å²) in [6, 6.07) is 2.15. The SMILES string of the molecule is CC(C)(C#N)CNC(=O)CC1(N)CCCC1. The van der Waals surface area contributed by atoms with Crippen LogP contribution in [0.25, 0.3) is 0 Å². The Labute approximate surface area is 97.2 Å². The van der Waals surface area contributed by atoms with Gasteiger partial charge in [0.2, 0.25) is 5.91 Å². The molecule has 1 rings (SSSR count). The highest BCUT2D eigenvalue weighted by Gasteiger charge is 2.32. The summed E-state index contributed by atoms with van der Waals surface area (Å²) in [5.74, 6) is -0.0345. The first-order valence-corrected chi connectivity index (χ1v) is 5.84. The second-order valence-electron chi connectivity index (χ2n) is 5.52. The van der Waals surface area contributed by atoms with Crippen molar-refractivity contribution in [1.29, 1.82) is 5.26 Å². The molecular weight excluding hydrogens is 202 g/mol. The van der Waals surface area contributed by atoms with Crippen LogP contribution in [0.15, 0.2) is 0 Å². The number of carbonyl (C=O) groups is 1. The minimum Gasteiger partial charge on any atom is -0.354 e. The first kappa shape index (κ1) is 13.0. The Hall–Kier alpha value is -1.08. The number of hydrogen-bond acceptors (Lipinski definition) is 3. The summed E-state index contributed by atoms with van der Waals surface area (Å²) in [6.07, 6.45) is 4.49. The maximum atomic E-state index is 11.7. The van der Waals surface area contributed by atoms with Crippen LogP contribution in [0.1, 0.15) is 46.0 Å². The van der Waals surface area contributed by atoms with Crippen LogP contribution < -0.4 is 11.1 Å². The number of nitrogens with one attached hydrogen (secondary N) is 1. The molecule has 1 saturated carbocycles. The molecule has 0 unspecified atom stereocenters. The highest BCUT2D eigenvalue weighted by molar-refractivity contribution is 5.77. The molecule has 0 heterocycles. The summed E-state index contributed by atoms with van der Waals surface area (Å²) in [6.45, 7) is 4.00. The maximum absolute atomic E-state index is 11.7. The lowest BCUT2D eigenvalue weighted by molar-refractivity contribution is -0.122. The fourth-order valence-electron chi connectivity index (χ4n) is 2.00. The third-order valence-corrected chi connectivity index (χ3v) is 3.14. The molecule has 0 spiro atoms. The van der Waals surface area contributed by atoms with Gasteiger partial charge in [-0.05, 0) is 26.7 Å². The van der Waals surface area contributed by atoms with Crippen molar-refractivity contribution in [3.05, 3.63) is 0 Å². The molecule has 0 aromatic heterocycles. The molecule has 0 bridgehead atoms. The Kier molecular flexibility index (Phi) is 3.93. The molecule has 4 heteroatoms. The number of nitrogens with zero attached hydrogens (tertiary/aromatic N) is 1. The third kappa shape index (κ3) is 3.82. The van der Waals surface area contributed by atoms with Gasteiger partial charge >= 0.3 is 0 Å². The van der Waals surface area contributed by atoms with Crippen molar-refractivity contribution in [3.8, 4) is 6.07 Å². The van der Waals surface area contributed by atoms with Crippen LogP contribution in [-0.4, -0.2) is 18.0 Å². The molecule has 16 heavy (non-hydrogen) atoms. The zero-order chi connectivity index (χ0) is 12.2. The molecule has 1 aliphatic carbocycles. The standard InChI is InChI=1S/C12H21N3O/c1-11(2,8-13)9-15-10(16)7-12(14)5-3-4-6-12/h3-7,9,14H2,1-2H3,(H,15,16). The van der Waals surface area contributed by atoms with Gasteiger partial charge < -0.3 is 11.1 Å². The van der Waals surface area contributed by atoms with Gasteiger partial charge in [0, 0.05) is 18.5 Å². The van der Waals surface area contributed by atoms with Crippen molar-refractivity contribution in [2.45, 2.75) is 51.5 Å². The van der Waals surface area contributed by atoms with Crippen LogP contribution in [0.2, 0.25) is 0 Å². The van der Waals surface area contributed by atoms with Crippen LogP contribution >= 0.6 is 0 Å². The highest BCUT2D eigenvalue weighted by Crippen LogP contribution is 2.29. The first-order valence-electron chi connectivity index (χ1n) is 5.84. The monoisotopic (exact) mass is 223 g/mol. The lowest BCUT2D eigenvalue weighted by Gasteiger charge is -2.23. The summed E-state index contributed by atoms with van der Waals surface area (Å²) in [7, 11) is 0. The van der Waals surface area contributed by atoms with E-state index in [-0.39, 0.29) is 11.4 Å². The van der Waals surface area contributed by atoms with Gasteiger partial charge in [-0.1, -0.05) is 12.8 Å². The van der Waals surface area contributed by atoms with E-state index in [1.165, 1.54) is 0 Å². The molecule has 1 aliphatic rings. The molecular formula is C12H21N3O. The fraction of sp³-hybridized carbons (Fsp3) is 0.833. The number of carbonyl (C=O) groups excluding carboxylic acids is 1. The maximum Gasteiger partial charge on any atom is 0.221 e. The van der Waals surface area contributed by atoms with Crippen molar-refractivity contribution in [1.82, 2.24) is 5.32 Å². The molecule has 1 fully saturated rings. The van der Waals surface area contributed by atoms with Crippen molar-refractivity contribution >= 4 is 5.91 Å². The minimum absolute atomic E-state index is 0.0345. The smallest absolute Gasteiger partial charge is 0.221 e. The number of nitriles is 1. The van der Waals surface area contributed by atoms with E-state index in [9.17, 15) is 4.79 Å². The fourth-order valence-corrected chi connectivity index (χ4v) is 2.00. The van der Waals surface area contributed by atoms with Gasteiger partial charge in [-0.15, -0.1) is 0 Å². The quantitative estimate of drug-likeness (QED) is 0.754. The number of nitrogens with two attached hydrogens (primary N) is 1. The van der Waals surface area contributed by atoms with Gasteiger partial charge in [-0.25, -0.2) is 0 Å². The van der Waals surface area contributed by atoms with Crippen LogP contribution in [0, 0.1) is 16.7 Å². The molecule has 0 atom stereocenters. The molecule has 0 radical (unpaired) electrons. The van der Waals surface area contributed by atoms with E-state index in [1.54, 1.807) is 13.8 Å². The number of rotatable bonds is 4. The zero-order valence-electron chi connectivity index (χ0n) is 10.2. The van der Waals surface area contributed by atoms with E-state index in [1.807, 2.05) is 0 Å². The molecule has 3 N–H and O–H groups in total. The second kappa shape index (κ2) is 4.84. The van der Waals surface area contributed by atoms with E-state index < -0.39 is 5.41 Å². The molecule has 90 valence electrons. The lowest BCUT2D eigenvalue weighted by Crippen LogP contribution is -2.43. The van der Waals surface area contributed by atoms with E-state index in [4.69, 9.17) is 11.0 Å². The van der Waals surface area contributed by atoms with Crippen molar-refractivity contribution in [2.75, 3.05) is 6.54 Å². The van der Waals surface area contributed by atoms with Gasteiger partial charge in [-0.3, -0.25) is 4.79 Å². The van der Waals surface area contributed by atoms with Crippen molar-refractivity contribution < 1.29 is 4.79 Å². The summed E-state index contributed by atoms with van der Waals surface area (Å²) >= 11 is 0. The van der Waals surface area contributed by atoms with Crippen LogP contribution in [0.5, 0.6) is 0 Å². The van der Waals surface area contributed by atoms with Crippen LogP contribution in [0.4, 0.5) is 0 Å². The Morgan fingerprint density at radius 2 is 2.06 bits per heavy atom. The topological polar surface area (TPSA) is 78.9 Å². The van der Waals surface area contributed by atoms with E-state index in [2.05, 4.69) is 11.4 Å². The van der Waals surface area contributed by atoms with Crippen molar-refractivity contribution in [2.24, 2.45) is 11.1 Å². The predicted molar refractivity (Wildman–Crippen MR) is 62.4 cm³/mol. The van der Waals surface area contributed by atoms with Crippen LogP contribution in [-0.2, 0) is 4.79 Å². The normalized spacial score (nSPS) is 19.1. The largest absolute Gasteiger partial charge is 0.354 e. The van der Waals surface area contributed by atoms with Gasteiger partial charge in [0.25, 0.3) is 0 Å². The van der Waals surface area contributed by atoms with Gasteiger partial charge in [0.15, 0.2) is 0 Å². The van der Waals surface area contributed by atoms with E-state index in [0.29, 0.717) is 13.0 Å². The summed E-state index contributed by atoms with van der Waals surface area (Å²) in [5.41, 5.74) is 5.29. The molecule has 1 amide bonds. The number of amides is 1. The first-order chi connectivity index (χ1) is 7.37. The van der Waals surface area contributed by atoms with E-state index >= 15 is 0 Å². The lowest BCUT2D eigenvalue weighted by atomic mass is 9.93. The number of hydrogen-bond donors (Lipinski definition) is 2. The molecule has 0 aromatic carbocycles. The minimum atomic E-state index is -0.507. The van der Waals surface area contributed by atoms with Crippen LogP contribution in [0.3, 0.4) is 0 Å². The third-order valence-electron chi connectivity index (χ3n) is 3.14. The van der Waals surface area contributed by atoms with Crippen molar-refractivity contribution in [3.63, 3.8) is 0 Å². The van der Waals surface area contributed by atoms with Gasteiger partial charge in [0.1, 0.15) is 0 Å². The highest BCUT2D eigenvalue weighted by atomic mass is 16.1. The Morgan fingerprint density at radius 1 is 1.50 bits per heavy atom. The van der Waals surface area contributed by atoms with Gasteiger partial charge in [-0.2, -0.15) is 5.26 Å². The average molecular weight is 223 g/mol. The molecule has 0 aromatic rings. The summed E-state index contributed by atoms with van der Waals surface area (Å²) < 4.78 is 0. The molecule has 4 nitrogen and oxygen atoms in total. The summed E-state index contributed by atoms with van der Waals surface area (Å²) in [4.78, 5) is 11.7. The summed E-state index contributed by atoms with van der Waals surface area (Å²) in [5, 5.41) is 11.6. The van der Waals surface area contributed by atoms with Gasteiger partial charge in [0.05, 0.1) is 11.5 Å². The second-order valence-corrected chi connectivity index (χ2v) is 5.52. The average Bonchev–Trinajstić information content (AvgIpc) is 2.62. The predicted octanol–water partition coefficient (Wildman–Crippen LogP) is 1.31. The molecule has 0 aliphatic heterocycles. The Morgan fingerprint density at radius 3 is 2.56 bits per heavy atom. The zero-order valence-corrected chi connectivity index (χ0v) is 10.2. The molecule has 0 saturated heterocycles.